The van der Waals surface area contributed by atoms with E-state index in [9.17, 15) is 33.6 Å². The van der Waals surface area contributed by atoms with Crippen molar-refractivity contribution in [3.05, 3.63) is 51.2 Å². The summed E-state index contributed by atoms with van der Waals surface area (Å²) in [4.78, 5) is 89.1. The lowest BCUT2D eigenvalue weighted by atomic mass is 9.84. The van der Waals surface area contributed by atoms with Gasteiger partial charge in [0, 0.05) is 25.2 Å². The van der Waals surface area contributed by atoms with Crippen molar-refractivity contribution < 1.29 is 33.6 Å². The minimum absolute atomic E-state index is 0.0317. The molecule has 43 heavy (non-hydrogen) atoms. The molecule has 3 heterocycles. The van der Waals surface area contributed by atoms with E-state index in [4.69, 9.17) is 0 Å². The number of fused-ring (bicyclic) bond motifs is 1. The van der Waals surface area contributed by atoms with Crippen LogP contribution in [0.25, 0.3) is 0 Å². The van der Waals surface area contributed by atoms with Crippen molar-refractivity contribution >= 4 is 58.8 Å². The van der Waals surface area contributed by atoms with Gasteiger partial charge in [0.1, 0.15) is 12.1 Å². The Kier molecular flexibility index (Phi) is 9.29. The normalized spacial score (nSPS) is 19.4. The Morgan fingerprint density at radius 2 is 1.79 bits per heavy atom. The van der Waals surface area contributed by atoms with Gasteiger partial charge in [-0.3, -0.25) is 43.8 Å². The van der Waals surface area contributed by atoms with E-state index >= 15 is 0 Å². The second kappa shape index (κ2) is 13.3. The Bertz CT molecular complexity index is 1460. The molecule has 3 aliphatic rings. The van der Waals surface area contributed by atoms with Crippen LogP contribution < -0.4 is 21.3 Å². The minimum atomic E-state index is -1.06. The van der Waals surface area contributed by atoms with E-state index in [2.05, 4.69) is 21.3 Å². The van der Waals surface area contributed by atoms with E-state index in [-0.39, 0.29) is 43.0 Å². The average Bonchev–Trinajstić information content (AvgIpc) is 3.59. The number of thiophene rings is 1. The molecule has 1 aromatic heterocycles. The highest BCUT2D eigenvalue weighted by molar-refractivity contribution is 7.15. The van der Waals surface area contributed by atoms with E-state index in [1.807, 2.05) is 0 Å². The summed E-state index contributed by atoms with van der Waals surface area (Å²) in [6, 6.07) is 6.09. The van der Waals surface area contributed by atoms with Crippen molar-refractivity contribution in [2.75, 3.05) is 18.4 Å². The topological polar surface area (TPSA) is 171 Å². The smallest absolute Gasteiger partial charge is 0.264 e. The average molecular weight is 608 g/mol. The molecule has 2 aliphatic heterocycles. The first-order valence-electron chi connectivity index (χ1n) is 14.5. The van der Waals surface area contributed by atoms with Gasteiger partial charge in [-0.05, 0) is 43.0 Å². The molecule has 0 spiro atoms. The van der Waals surface area contributed by atoms with Gasteiger partial charge < -0.3 is 16.0 Å². The monoisotopic (exact) mass is 607 g/mol. The largest absolute Gasteiger partial charge is 0.383 e. The first-order valence-corrected chi connectivity index (χ1v) is 15.3. The van der Waals surface area contributed by atoms with Gasteiger partial charge in [0.25, 0.3) is 17.7 Å². The number of nitrogens with one attached hydrogen (secondary N) is 4. The van der Waals surface area contributed by atoms with Crippen LogP contribution in [0.3, 0.4) is 0 Å². The molecule has 2 aromatic rings. The molecule has 5 rings (SSSR count). The highest BCUT2D eigenvalue weighted by Crippen LogP contribution is 2.32. The van der Waals surface area contributed by atoms with E-state index in [0.29, 0.717) is 34.1 Å². The predicted octanol–water partition coefficient (Wildman–Crippen LogP) is 2.26. The zero-order valence-electron chi connectivity index (χ0n) is 23.5. The summed E-state index contributed by atoms with van der Waals surface area (Å²) >= 11 is 1.07. The molecular formula is C30H33N5O7S. The van der Waals surface area contributed by atoms with Gasteiger partial charge in [-0.25, -0.2) is 0 Å². The number of aldehydes is 1. The molecule has 1 saturated carbocycles. The number of amides is 6. The summed E-state index contributed by atoms with van der Waals surface area (Å²) in [6.45, 7) is 0.395. The molecule has 1 saturated heterocycles. The van der Waals surface area contributed by atoms with Gasteiger partial charge in [-0.15, -0.1) is 11.3 Å². The maximum atomic E-state index is 13.3. The molecule has 1 aromatic carbocycles. The van der Waals surface area contributed by atoms with Crippen LogP contribution >= 0.6 is 11.3 Å². The number of imide groups is 2. The molecule has 2 fully saturated rings. The fourth-order valence-corrected chi connectivity index (χ4v) is 6.65. The predicted molar refractivity (Wildman–Crippen MR) is 157 cm³/mol. The Morgan fingerprint density at radius 3 is 2.51 bits per heavy atom. The number of carbonyl (C=O) groups is 7. The molecule has 6 amide bonds. The van der Waals surface area contributed by atoms with Crippen molar-refractivity contribution in [2.45, 2.75) is 63.5 Å². The third-order valence-corrected chi connectivity index (χ3v) is 9.10. The Balaban J connectivity index is 1.20. The van der Waals surface area contributed by atoms with Crippen LogP contribution in [-0.2, 0) is 14.4 Å². The molecule has 0 radical (unpaired) electrons. The van der Waals surface area contributed by atoms with Crippen molar-refractivity contribution in [3.63, 3.8) is 0 Å². The zero-order chi connectivity index (χ0) is 30.5. The molecule has 13 heteroatoms. The van der Waals surface area contributed by atoms with Gasteiger partial charge in [0.2, 0.25) is 17.7 Å². The lowest BCUT2D eigenvalue weighted by Gasteiger charge is -2.27. The van der Waals surface area contributed by atoms with Crippen LogP contribution in [0.1, 0.15) is 91.4 Å². The summed E-state index contributed by atoms with van der Waals surface area (Å²) in [5.41, 5.74) is 0.678. The zero-order valence-corrected chi connectivity index (χ0v) is 24.3. The number of carbonyl (C=O) groups excluding carboxylic acids is 7. The second-order valence-electron chi connectivity index (χ2n) is 11.0. The third kappa shape index (κ3) is 6.66. The van der Waals surface area contributed by atoms with Crippen molar-refractivity contribution in [1.82, 2.24) is 20.9 Å². The van der Waals surface area contributed by atoms with Crippen LogP contribution in [0.2, 0.25) is 0 Å². The number of hydrogen-bond donors (Lipinski definition) is 4. The number of hydrogen-bond acceptors (Lipinski definition) is 9. The van der Waals surface area contributed by atoms with E-state index in [1.54, 1.807) is 24.3 Å². The molecule has 0 bridgehead atoms. The van der Waals surface area contributed by atoms with Crippen LogP contribution in [-0.4, -0.2) is 71.8 Å². The van der Waals surface area contributed by atoms with Gasteiger partial charge in [0.05, 0.1) is 20.9 Å². The molecular weight excluding hydrogens is 574 g/mol. The maximum absolute atomic E-state index is 13.3. The highest BCUT2D eigenvalue weighted by Gasteiger charge is 2.45. The fraction of sp³-hybridized carbons (Fsp3) is 0.433. The quantitative estimate of drug-likeness (QED) is 0.171. The molecule has 4 N–H and O–H groups in total. The number of piperidine rings is 1. The van der Waals surface area contributed by atoms with Gasteiger partial charge >= 0.3 is 0 Å². The molecule has 1 aliphatic carbocycles. The van der Waals surface area contributed by atoms with Crippen LogP contribution in [0.5, 0.6) is 0 Å². The summed E-state index contributed by atoms with van der Waals surface area (Å²) in [6.07, 6.45) is 6.63. The summed E-state index contributed by atoms with van der Waals surface area (Å²) in [7, 11) is 0. The molecule has 12 nitrogen and oxygen atoms in total. The van der Waals surface area contributed by atoms with Crippen LogP contribution in [0.4, 0.5) is 5.69 Å². The lowest BCUT2D eigenvalue weighted by molar-refractivity contribution is -0.136. The first-order chi connectivity index (χ1) is 20.8. The fourth-order valence-electron chi connectivity index (χ4n) is 5.92. The van der Waals surface area contributed by atoms with Gasteiger partial charge in [0.15, 0.2) is 6.29 Å². The maximum Gasteiger partial charge on any atom is 0.264 e. The number of benzene rings is 1. The van der Waals surface area contributed by atoms with Gasteiger partial charge in [-0.2, -0.15) is 0 Å². The van der Waals surface area contributed by atoms with E-state index in [1.165, 1.54) is 6.07 Å². The van der Waals surface area contributed by atoms with Crippen LogP contribution in [0, 0.1) is 5.92 Å². The number of nitrogens with zero attached hydrogens (tertiary/aromatic N) is 1. The molecule has 226 valence electrons. The standard InChI is InChI=1S/C30H33N5O7S/c36-16-18-9-11-23(43-18)28(40)33-21(15-17-5-2-1-3-6-17)26(38)32-14-13-31-20-8-4-7-19-25(20)30(42)35(29(19)41)22-10-12-24(37)34-27(22)39/h4,7-9,11,16-17,21-22,31H,1-3,5-6,10,12-15H2,(H,32,38)(H,33,40)(H,34,37,39)/t21-,22?/m0/s1. The van der Waals surface area contributed by atoms with Crippen molar-refractivity contribution in [2.24, 2.45) is 5.92 Å². The SMILES string of the molecule is O=Cc1ccc(C(=O)N[C@@H](CC2CCCCC2)C(=O)NCCNc2cccc3c2C(=O)N(C2CCC(=O)NC2=O)C3=O)s1. The van der Waals surface area contributed by atoms with E-state index < -0.39 is 41.6 Å². The summed E-state index contributed by atoms with van der Waals surface area (Å²) in [5.74, 6) is -2.76. The molecule has 1 unspecified atom stereocenters. The number of rotatable bonds is 11. The highest BCUT2D eigenvalue weighted by atomic mass is 32.1. The van der Waals surface area contributed by atoms with Crippen molar-refractivity contribution in [1.29, 1.82) is 0 Å². The lowest BCUT2D eigenvalue weighted by Crippen LogP contribution is -2.54. The second-order valence-corrected chi connectivity index (χ2v) is 12.1. The Hall–Kier alpha value is -4.39. The Labute approximate surface area is 252 Å². The first kappa shape index (κ1) is 30.1. The van der Waals surface area contributed by atoms with Gasteiger partial charge in [-0.1, -0.05) is 38.2 Å². The molecule has 2 atom stereocenters. The summed E-state index contributed by atoms with van der Waals surface area (Å²) < 4.78 is 0. The minimum Gasteiger partial charge on any atom is -0.383 e. The Morgan fingerprint density at radius 1 is 1.00 bits per heavy atom. The third-order valence-electron chi connectivity index (χ3n) is 8.09. The van der Waals surface area contributed by atoms with Crippen LogP contribution in [0.15, 0.2) is 30.3 Å². The van der Waals surface area contributed by atoms with E-state index in [0.717, 1.165) is 48.3 Å². The summed E-state index contributed by atoms with van der Waals surface area (Å²) in [5, 5.41) is 11.0. The van der Waals surface area contributed by atoms with Crippen molar-refractivity contribution in [3.8, 4) is 0 Å². The number of anilines is 1.